The van der Waals surface area contributed by atoms with E-state index in [0.29, 0.717) is 19.4 Å². The van der Waals surface area contributed by atoms with Crippen LogP contribution in [0.15, 0.2) is 60.8 Å². The van der Waals surface area contributed by atoms with Crippen molar-refractivity contribution in [1.82, 2.24) is 5.32 Å². The smallest absolute Gasteiger partial charge is 0.305 e. The largest absolute Gasteiger partial charge is 0.466 e. The second-order valence-corrected chi connectivity index (χ2v) is 22.4. The molecule has 0 aliphatic heterocycles. The molecule has 0 heterocycles. The summed E-state index contributed by atoms with van der Waals surface area (Å²) < 4.78 is 5.49. The Kier molecular flexibility index (Phi) is 62.0. The Morgan fingerprint density at radius 3 is 1.04 bits per heavy atom. The second-order valence-electron chi connectivity index (χ2n) is 22.4. The van der Waals surface area contributed by atoms with Crippen molar-refractivity contribution in [3.05, 3.63) is 60.8 Å². The van der Waals surface area contributed by atoms with Gasteiger partial charge in [0.25, 0.3) is 0 Å². The SMILES string of the molecule is CCCCC/C=C\C/C=C\CCCCCCCCCC(=O)OCCCCCCCCCCC/C=C\C/C=C\CCCCCCCCCCCCCCCCCC(=O)NC(CO)C(O)/C=C/CCCCCCCCCC. The van der Waals surface area contributed by atoms with E-state index in [1.807, 2.05) is 6.08 Å². The number of carbonyl (C=O) groups excluding carboxylic acids is 2. The molecule has 0 saturated heterocycles. The summed E-state index contributed by atoms with van der Waals surface area (Å²) in [7, 11) is 0. The summed E-state index contributed by atoms with van der Waals surface area (Å²) in [6, 6.07) is -0.626. The van der Waals surface area contributed by atoms with E-state index in [1.165, 1.54) is 257 Å². The average Bonchev–Trinajstić information content (AvgIpc) is 3.41. The van der Waals surface area contributed by atoms with Gasteiger partial charge in [0, 0.05) is 12.8 Å². The summed E-state index contributed by atoms with van der Waals surface area (Å²) >= 11 is 0. The lowest BCUT2D eigenvalue weighted by Gasteiger charge is -2.20. The number of hydrogen-bond acceptors (Lipinski definition) is 5. The van der Waals surface area contributed by atoms with E-state index < -0.39 is 12.1 Å². The minimum absolute atomic E-state index is 0.00463. The summed E-state index contributed by atoms with van der Waals surface area (Å²) in [6.45, 7) is 4.86. The number of allylic oxidation sites excluding steroid dienone is 9. The molecule has 0 rings (SSSR count). The number of rotatable bonds is 61. The first-order valence-electron chi connectivity index (χ1n) is 33.1. The molecule has 0 aromatic heterocycles. The van der Waals surface area contributed by atoms with Crippen LogP contribution in [-0.4, -0.2) is 47.4 Å². The minimum Gasteiger partial charge on any atom is -0.466 e. The number of hydrogen-bond donors (Lipinski definition) is 3. The molecule has 438 valence electrons. The highest BCUT2D eigenvalue weighted by Crippen LogP contribution is 2.17. The molecule has 0 radical (unpaired) electrons. The molecule has 0 bridgehead atoms. The van der Waals surface area contributed by atoms with Crippen LogP contribution in [0, 0.1) is 0 Å². The molecular weight excluding hydrogens is 923 g/mol. The van der Waals surface area contributed by atoms with Crippen molar-refractivity contribution in [1.29, 1.82) is 0 Å². The van der Waals surface area contributed by atoms with Crippen LogP contribution in [0.5, 0.6) is 0 Å². The van der Waals surface area contributed by atoms with Gasteiger partial charge >= 0.3 is 5.97 Å². The minimum atomic E-state index is -0.843. The highest BCUT2D eigenvalue weighted by atomic mass is 16.5. The van der Waals surface area contributed by atoms with E-state index in [4.69, 9.17) is 4.74 Å². The van der Waals surface area contributed by atoms with Gasteiger partial charge in [-0.1, -0.05) is 293 Å². The van der Waals surface area contributed by atoms with E-state index in [1.54, 1.807) is 6.08 Å². The topological polar surface area (TPSA) is 95.9 Å². The molecule has 0 aliphatic rings. The van der Waals surface area contributed by atoms with E-state index in [0.717, 1.165) is 57.8 Å². The highest BCUT2D eigenvalue weighted by Gasteiger charge is 2.18. The molecular formula is C69H127NO5. The predicted molar refractivity (Wildman–Crippen MR) is 328 cm³/mol. The first kappa shape index (κ1) is 72.6. The lowest BCUT2D eigenvalue weighted by atomic mass is 10.0. The van der Waals surface area contributed by atoms with Gasteiger partial charge in [0.15, 0.2) is 0 Å². The fourth-order valence-corrected chi connectivity index (χ4v) is 9.93. The number of unbranched alkanes of at least 4 members (excludes halogenated alkanes) is 42. The van der Waals surface area contributed by atoms with Crippen molar-refractivity contribution >= 4 is 11.9 Å². The van der Waals surface area contributed by atoms with E-state index in [2.05, 4.69) is 67.8 Å². The average molecular weight is 1050 g/mol. The fourth-order valence-electron chi connectivity index (χ4n) is 9.93. The van der Waals surface area contributed by atoms with Gasteiger partial charge in [0.1, 0.15) is 0 Å². The molecule has 0 saturated carbocycles. The zero-order valence-corrected chi connectivity index (χ0v) is 50.0. The van der Waals surface area contributed by atoms with Gasteiger partial charge in [-0.05, 0) is 96.3 Å². The van der Waals surface area contributed by atoms with E-state index in [-0.39, 0.29) is 18.5 Å². The van der Waals surface area contributed by atoms with Crippen LogP contribution in [0.25, 0.3) is 0 Å². The lowest BCUT2D eigenvalue weighted by Crippen LogP contribution is -2.45. The van der Waals surface area contributed by atoms with Crippen LogP contribution in [0.1, 0.15) is 341 Å². The Balaban J connectivity index is 3.39. The summed E-state index contributed by atoms with van der Waals surface area (Å²) in [4.78, 5) is 24.5. The molecule has 1 amide bonds. The maximum Gasteiger partial charge on any atom is 0.305 e. The number of aliphatic hydroxyl groups excluding tert-OH is 2. The highest BCUT2D eigenvalue weighted by molar-refractivity contribution is 5.76. The number of amides is 1. The van der Waals surface area contributed by atoms with Gasteiger partial charge in [0.05, 0.1) is 25.4 Å². The van der Waals surface area contributed by atoms with Crippen molar-refractivity contribution < 1.29 is 24.5 Å². The third-order valence-corrected chi connectivity index (χ3v) is 15.0. The molecule has 2 unspecified atom stereocenters. The van der Waals surface area contributed by atoms with Crippen LogP contribution >= 0.6 is 0 Å². The van der Waals surface area contributed by atoms with Crippen molar-refractivity contribution in [2.75, 3.05) is 13.2 Å². The Labute approximate surface area is 467 Å². The van der Waals surface area contributed by atoms with Gasteiger partial charge in [-0.2, -0.15) is 0 Å². The Morgan fingerprint density at radius 1 is 0.373 bits per heavy atom. The molecule has 6 nitrogen and oxygen atoms in total. The molecule has 0 spiro atoms. The lowest BCUT2D eigenvalue weighted by molar-refractivity contribution is -0.143. The van der Waals surface area contributed by atoms with Crippen LogP contribution in [-0.2, 0) is 14.3 Å². The monoisotopic (exact) mass is 1050 g/mol. The predicted octanol–water partition coefficient (Wildman–Crippen LogP) is 21.1. The Hall–Kier alpha value is -2.44. The first-order valence-corrected chi connectivity index (χ1v) is 33.1. The molecule has 2 atom stereocenters. The maximum atomic E-state index is 12.4. The Morgan fingerprint density at radius 2 is 0.667 bits per heavy atom. The second kappa shape index (κ2) is 64.1. The zero-order chi connectivity index (χ0) is 54.3. The quantitative estimate of drug-likeness (QED) is 0.0320. The standard InChI is InChI=1S/C69H127NO5/c1-3-5-7-9-11-13-15-16-17-33-37-40-43-47-51-55-59-63-69(74)75-64-60-56-52-48-44-41-38-35-32-30-28-26-24-22-20-18-19-21-23-25-27-29-31-34-36-39-42-46-50-54-58-62-68(73)70-66(65-71)67(72)61-57-53-49-45-14-12-10-8-6-4-2/h11,13,16-17,20,22,26,28,57,61,66-67,71-72H,3-10,12,14-15,18-19,21,23-25,27,29-56,58-60,62-65H2,1-2H3,(H,70,73)/b13-11-,17-16-,22-20-,28-26-,61-57+. The fraction of sp³-hybridized carbons (Fsp3) is 0.826. The number of carbonyl (C=O) groups is 2. The van der Waals surface area contributed by atoms with Crippen LogP contribution < -0.4 is 5.32 Å². The van der Waals surface area contributed by atoms with Gasteiger partial charge in [0.2, 0.25) is 5.91 Å². The van der Waals surface area contributed by atoms with Crippen molar-refractivity contribution in [3.8, 4) is 0 Å². The molecule has 75 heavy (non-hydrogen) atoms. The van der Waals surface area contributed by atoms with Gasteiger partial charge in [-0.25, -0.2) is 0 Å². The summed E-state index contributed by atoms with van der Waals surface area (Å²) in [5.41, 5.74) is 0. The summed E-state index contributed by atoms with van der Waals surface area (Å²) in [5, 5.41) is 23.0. The normalized spacial score (nSPS) is 13.0. The maximum absolute atomic E-state index is 12.4. The third kappa shape index (κ3) is 60.6. The van der Waals surface area contributed by atoms with Crippen LogP contribution in [0.2, 0.25) is 0 Å². The zero-order valence-electron chi connectivity index (χ0n) is 50.0. The molecule has 0 fully saturated rings. The Bertz CT molecular complexity index is 1300. The molecule has 0 aromatic rings. The van der Waals surface area contributed by atoms with Gasteiger partial charge in [-0.3, -0.25) is 9.59 Å². The summed E-state index contributed by atoms with van der Waals surface area (Å²) in [5.74, 6) is -0.0646. The van der Waals surface area contributed by atoms with E-state index >= 15 is 0 Å². The van der Waals surface area contributed by atoms with E-state index in [9.17, 15) is 19.8 Å². The van der Waals surface area contributed by atoms with Gasteiger partial charge in [-0.15, -0.1) is 0 Å². The number of aliphatic hydroxyl groups is 2. The van der Waals surface area contributed by atoms with Crippen molar-refractivity contribution in [2.24, 2.45) is 0 Å². The number of ether oxygens (including phenoxy) is 1. The van der Waals surface area contributed by atoms with Gasteiger partial charge < -0.3 is 20.3 Å². The number of esters is 1. The van der Waals surface area contributed by atoms with Crippen LogP contribution in [0.4, 0.5) is 0 Å². The van der Waals surface area contributed by atoms with Crippen LogP contribution in [0.3, 0.4) is 0 Å². The molecule has 0 aliphatic carbocycles. The third-order valence-electron chi connectivity index (χ3n) is 15.0. The van der Waals surface area contributed by atoms with Crippen molar-refractivity contribution in [3.63, 3.8) is 0 Å². The summed E-state index contributed by atoms with van der Waals surface area (Å²) in [6.07, 6.45) is 84.3. The molecule has 6 heteroatoms. The molecule has 3 N–H and O–H groups in total. The molecule has 0 aromatic carbocycles. The first-order chi connectivity index (χ1) is 37.0. The van der Waals surface area contributed by atoms with Crippen molar-refractivity contribution in [2.45, 2.75) is 353 Å². The number of nitrogens with one attached hydrogen (secondary N) is 1.